The maximum atomic E-state index is 13.6. The van der Waals surface area contributed by atoms with Gasteiger partial charge < -0.3 is 10.5 Å². The topological polar surface area (TPSA) is 96.3 Å². The molecule has 2 N–H and O–H groups in total. The van der Waals surface area contributed by atoms with E-state index in [0.717, 1.165) is 31.0 Å². The second-order valence-corrected chi connectivity index (χ2v) is 9.58. The standard InChI is InChI=1S/C25H25N3O4S2/c1-4-32-20(29)14-27-23(30)21-15(2)22(16-9-11-18(26)12-10-16)34-24(21)28(25(27)31)13-17-7-5-6-8-19(17)33-3/h5-12H,4,13-14,26H2,1-3H3. The molecule has 176 valence electrons. The molecule has 0 bridgehead atoms. The van der Waals surface area contributed by atoms with Gasteiger partial charge in [-0.1, -0.05) is 30.3 Å². The molecule has 0 radical (unpaired) electrons. The number of ether oxygens (including phenoxy) is 1. The molecule has 2 aromatic heterocycles. The van der Waals surface area contributed by atoms with Crippen molar-refractivity contribution in [3.63, 3.8) is 0 Å². The number of rotatable bonds is 7. The number of hydrogen-bond donors (Lipinski definition) is 1. The number of carbonyl (C=O) groups is 1. The second kappa shape index (κ2) is 9.90. The van der Waals surface area contributed by atoms with E-state index in [2.05, 4.69) is 0 Å². The van der Waals surface area contributed by atoms with E-state index >= 15 is 0 Å². The highest BCUT2D eigenvalue weighted by atomic mass is 32.2. The summed E-state index contributed by atoms with van der Waals surface area (Å²) in [5.74, 6) is -0.622. The van der Waals surface area contributed by atoms with Crippen LogP contribution in [-0.2, 0) is 22.6 Å². The van der Waals surface area contributed by atoms with Crippen molar-refractivity contribution in [1.29, 1.82) is 0 Å². The van der Waals surface area contributed by atoms with Crippen molar-refractivity contribution in [2.24, 2.45) is 0 Å². The van der Waals surface area contributed by atoms with Crippen LogP contribution in [0.3, 0.4) is 0 Å². The predicted octanol–water partition coefficient (Wildman–Crippen LogP) is 4.12. The number of nitrogens with zero attached hydrogens (tertiary/aromatic N) is 2. The molecule has 9 heteroatoms. The van der Waals surface area contributed by atoms with E-state index in [9.17, 15) is 14.4 Å². The van der Waals surface area contributed by atoms with Crippen molar-refractivity contribution in [3.05, 3.63) is 80.5 Å². The molecule has 2 aromatic carbocycles. The summed E-state index contributed by atoms with van der Waals surface area (Å²) >= 11 is 2.98. The van der Waals surface area contributed by atoms with Crippen LogP contribution in [0.25, 0.3) is 20.7 Å². The smallest absolute Gasteiger partial charge is 0.332 e. The third-order valence-electron chi connectivity index (χ3n) is 5.58. The van der Waals surface area contributed by atoms with Crippen LogP contribution in [0.4, 0.5) is 5.69 Å². The van der Waals surface area contributed by atoms with Gasteiger partial charge in [-0.25, -0.2) is 9.36 Å². The number of carbonyl (C=O) groups excluding carboxylic acids is 1. The highest BCUT2D eigenvalue weighted by molar-refractivity contribution is 7.98. The SMILES string of the molecule is CCOC(=O)Cn1c(=O)c2c(C)c(-c3ccc(N)cc3)sc2n(Cc2ccccc2SC)c1=O. The van der Waals surface area contributed by atoms with E-state index in [1.165, 1.54) is 11.3 Å². The number of benzene rings is 2. The Balaban J connectivity index is 2.00. The molecule has 2 heterocycles. The summed E-state index contributed by atoms with van der Waals surface area (Å²) in [6, 6.07) is 15.2. The van der Waals surface area contributed by atoms with Gasteiger partial charge in [-0.3, -0.25) is 14.2 Å². The zero-order valence-electron chi connectivity index (χ0n) is 19.2. The fraction of sp³-hybridized carbons (Fsp3) is 0.240. The number of esters is 1. The molecule has 4 rings (SSSR count). The first-order valence-electron chi connectivity index (χ1n) is 10.8. The second-order valence-electron chi connectivity index (χ2n) is 7.74. The van der Waals surface area contributed by atoms with E-state index < -0.39 is 23.8 Å². The molecule has 0 saturated heterocycles. The minimum absolute atomic E-state index is 0.171. The van der Waals surface area contributed by atoms with Crippen molar-refractivity contribution in [2.75, 3.05) is 18.6 Å². The number of aryl methyl sites for hydroxylation is 1. The lowest BCUT2D eigenvalue weighted by Crippen LogP contribution is -2.42. The molecule has 4 aromatic rings. The van der Waals surface area contributed by atoms with E-state index in [1.54, 1.807) is 35.4 Å². The average Bonchev–Trinajstić information content (AvgIpc) is 3.17. The number of hydrogen-bond acceptors (Lipinski definition) is 7. The fourth-order valence-electron chi connectivity index (χ4n) is 3.92. The van der Waals surface area contributed by atoms with Gasteiger partial charge in [-0.2, -0.15) is 0 Å². The third-order valence-corrected chi connectivity index (χ3v) is 7.78. The maximum Gasteiger partial charge on any atom is 0.332 e. The Morgan fingerprint density at radius 1 is 1.09 bits per heavy atom. The minimum Gasteiger partial charge on any atom is -0.465 e. The normalized spacial score (nSPS) is 11.1. The van der Waals surface area contributed by atoms with Gasteiger partial charge in [0.25, 0.3) is 5.56 Å². The molecule has 34 heavy (non-hydrogen) atoms. The van der Waals surface area contributed by atoms with Crippen LogP contribution in [0.2, 0.25) is 0 Å². The van der Waals surface area contributed by atoms with Gasteiger partial charge in [-0.05, 0) is 55.0 Å². The van der Waals surface area contributed by atoms with E-state index in [4.69, 9.17) is 10.5 Å². The number of fused-ring (bicyclic) bond motifs is 1. The molecule has 0 aliphatic rings. The van der Waals surface area contributed by atoms with Crippen LogP contribution >= 0.6 is 23.1 Å². The first-order chi connectivity index (χ1) is 16.3. The van der Waals surface area contributed by atoms with Crippen LogP contribution in [-0.4, -0.2) is 28.0 Å². The number of thiophene rings is 1. The molecule has 0 aliphatic heterocycles. The number of nitrogens with two attached hydrogens (primary N) is 1. The molecule has 0 atom stereocenters. The Morgan fingerprint density at radius 3 is 2.47 bits per heavy atom. The Kier molecular flexibility index (Phi) is 6.95. The van der Waals surface area contributed by atoms with Crippen molar-refractivity contribution in [1.82, 2.24) is 9.13 Å². The molecule has 0 spiro atoms. The van der Waals surface area contributed by atoms with Gasteiger partial charge in [0.15, 0.2) is 0 Å². The molecule has 7 nitrogen and oxygen atoms in total. The summed E-state index contributed by atoms with van der Waals surface area (Å²) in [4.78, 5) is 41.7. The maximum absolute atomic E-state index is 13.6. The lowest BCUT2D eigenvalue weighted by Gasteiger charge is -2.13. The van der Waals surface area contributed by atoms with Crippen LogP contribution in [0, 0.1) is 6.92 Å². The first kappa shape index (κ1) is 23.8. The summed E-state index contributed by atoms with van der Waals surface area (Å²) < 4.78 is 7.59. The fourth-order valence-corrected chi connectivity index (χ4v) is 5.83. The molecule has 0 fully saturated rings. The van der Waals surface area contributed by atoms with Crippen molar-refractivity contribution in [3.8, 4) is 10.4 Å². The number of aromatic nitrogens is 2. The zero-order valence-corrected chi connectivity index (χ0v) is 20.8. The monoisotopic (exact) mass is 495 g/mol. The summed E-state index contributed by atoms with van der Waals surface area (Å²) in [7, 11) is 0. The number of nitrogen functional groups attached to an aromatic ring is 1. The minimum atomic E-state index is -0.622. The molecule has 0 amide bonds. The lowest BCUT2D eigenvalue weighted by molar-refractivity contribution is -0.143. The Bertz CT molecular complexity index is 1480. The summed E-state index contributed by atoms with van der Waals surface area (Å²) in [6.07, 6.45) is 1.98. The van der Waals surface area contributed by atoms with Crippen molar-refractivity contribution < 1.29 is 9.53 Å². The summed E-state index contributed by atoms with van der Waals surface area (Å²) in [6.45, 7) is 3.56. The lowest BCUT2D eigenvalue weighted by atomic mass is 10.1. The Morgan fingerprint density at radius 2 is 1.79 bits per heavy atom. The third kappa shape index (κ3) is 4.41. The highest BCUT2D eigenvalue weighted by Gasteiger charge is 2.22. The van der Waals surface area contributed by atoms with E-state index in [1.807, 2.05) is 49.6 Å². The first-order valence-corrected chi connectivity index (χ1v) is 12.8. The van der Waals surface area contributed by atoms with E-state index in [-0.39, 0.29) is 13.2 Å². The molecular formula is C25H25N3O4S2. The largest absolute Gasteiger partial charge is 0.465 e. The highest BCUT2D eigenvalue weighted by Crippen LogP contribution is 2.37. The van der Waals surface area contributed by atoms with Crippen LogP contribution in [0.5, 0.6) is 0 Å². The van der Waals surface area contributed by atoms with Crippen LogP contribution < -0.4 is 17.0 Å². The quantitative estimate of drug-likeness (QED) is 0.235. The van der Waals surface area contributed by atoms with Crippen molar-refractivity contribution >= 4 is 45.0 Å². The van der Waals surface area contributed by atoms with Crippen LogP contribution in [0.1, 0.15) is 18.1 Å². The number of thioether (sulfide) groups is 1. The molecule has 0 aliphatic carbocycles. The zero-order chi connectivity index (χ0) is 24.4. The average molecular weight is 496 g/mol. The van der Waals surface area contributed by atoms with Gasteiger partial charge in [-0.15, -0.1) is 23.1 Å². The number of anilines is 1. The van der Waals surface area contributed by atoms with Gasteiger partial charge in [0.05, 0.1) is 18.5 Å². The van der Waals surface area contributed by atoms with Gasteiger partial charge in [0.1, 0.15) is 11.4 Å². The molecular weight excluding hydrogens is 470 g/mol. The van der Waals surface area contributed by atoms with Gasteiger partial charge >= 0.3 is 11.7 Å². The summed E-state index contributed by atoms with van der Waals surface area (Å²) in [5, 5.41) is 0.433. The molecule has 0 saturated carbocycles. The Labute approximate surface area is 204 Å². The van der Waals surface area contributed by atoms with Crippen LogP contribution in [0.15, 0.2) is 63.0 Å². The summed E-state index contributed by atoms with van der Waals surface area (Å²) in [5.41, 5.74) is 8.10. The molecule has 0 unspecified atom stereocenters. The van der Waals surface area contributed by atoms with Crippen molar-refractivity contribution in [2.45, 2.75) is 31.8 Å². The predicted molar refractivity (Wildman–Crippen MR) is 139 cm³/mol. The van der Waals surface area contributed by atoms with Gasteiger partial charge in [0.2, 0.25) is 0 Å². The van der Waals surface area contributed by atoms with E-state index in [0.29, 0.717) is 15.9 Å². The van der Waals surface area contributed by atoms with Gasteiger partial charge in [0, 0.05) is 15.5 Å². The Hall–Kier alpha value is -3.30.